The summed E-state index contributed by atoms with van der Waals surface area (Å²) in [5.74, 6) is 2.26. The fourth-order valence-corrected chi connectivity index (χ4v) is 7.40. The molecule has 0 unspecified atom stereocenters. The molecule has 1 aromatic carbocycles. The minimum absolute atomic E-state index is 0.106. The van der Waals surface area contributed by atoms with Crippen molar-refractivity contribution < 1.29 is 9.59 Å². The van der Waals surface area contributed by atoms with Gasteiger partial charge in [0, 0.05) is 10.3 Å². The van der Waals surface area contributed by atoms with E-state index in [0.717, 1.165) is 17.8 Å². The van der Waals surface area contributed by atoms with Crippen LogP contribution in [-0.2, 0) is 4.79 Å². The lowest BCUT2D eigenvalue weighted by Gasteiger charge is -2.56. The summed E-state index contributed by atoms with van der Waals surface area (Å²) < 4.78 is 0.301. The maximum atomic E-state index is 12.5. The van der Waals surface area contributed by atoms with E-state index >= 15 is 0 Å². The van der Waals surface area contributed by atoms with Crippen LogP contribution in [0.25, 0.3) is 0 Å². The Hall–Kier alpha value is -1.49. The van der Waals surface area contributed by atoms with Crippen LogP contribution in [0.4, 0.5) is 0 Å². The molecule has 0 saturated heterocycles. The highest BCUT2D eigenvalue weighted by atomic mass is 32.2. The molecule has 4 saturated carbocycles. The second-order valence-electron chi connectivity index (χ2n) is 8.17. The summed E-state index contributed by atoms with van der Waals surface area (Å²) in [6.07, 6.45) is 8.06. The van der Waals surface area contributed by atoms with E-state index in [0.29, 0.717) is 10.3 Å². The van der Waals surface area contributed by atoms with Crippen molar-refractivity contribution in [1.82, 2.24) is 10.9 Å². The standard InChI is InChI=1S/C20H26N2O2S/c1-13(18(23)21-22-19(24)17-5-3-2-4-6-17)25-20-10-14-7-15(11-20)9-16(8-14)12-20/h2-6,13-16H,7-12H2,1H3,(H,21,23)(H,22,24)/t13-,14?,15?,16?,20?/m0/s1. The summed E-state index contributed by atoms with van der Waals surface area (Å²) in [5.41, 5.74) is 5.69. The van der Waals surface area contributed by atoms with E-state index in [1.807, 2.05) is 36.9 Å². The van der Waals surface area contributed by atoms with Crippen LogP contribution >= 0.6 is 11.8 Å². The molecule has 1 aromatic rings. The van der Waals surface area contributed by atoms with E-state index in [2.05, 4.69) is 10.9 Å². The molecule has 5 heteroatoms. The van der Waals surface area contributed by atoms with Crippen LogP contribution in [0.2, 0.25) is 0 Å². The van der Waals surface area contributed by atoms with Crippen molar-refractivity contribution in [3.63, 3.8) is 0 Å². The third-order valence-electron chi connectivity index (χ3n) is 6.11. The van der Waals surface area contributed by atoms with Gasteiger partial charge in [0.15, 0.2) is 0 Å². The molecule has 0 aliphatic heterocycles. The quantitative estimate of drug-likeness (QED) is 0.810. The molecule has 0 heterocycles. The van der Waals surface area contributed by atoms with Gasteiger partial charge >= 0.3 is 0 Å². The van der Waals surface area contributed by atoms with Crippen molar-refractivity contribution in [2.45, 2.75) is 55.4 Å². The number of carbonyl (C=O) groups excluding carboxylic acids is 2. The molecule has 0 aromatic heterocycles. The molecule has 2 N–H and O–H groups in total. The third-order valence-corrected chi connectivity index (χ3v) is 7.68. The van der Waals surface area contributed by atoms with Gasteiger partial charge in [-0.05, 0) is 75.3 Å². The van der Waals surface area contributed by atoms with Crippen molar-refractivity contribution >= 4 is 23.6 Å². The largest absolute Gasteiger partial charge is 0.272 e. The van der Waals surface area contributed by atoms with E-state index in [1.54, 1.807) is 12.1 Å². The number of hydrogen-bond donors (Lipinski definition) is 2. The Morgan fingerprint density at radius 1 is 1.00 bits per heavy atom. The van der Waals surface area contributed by atoms with Crippen LogP contribution in [0.3, 0.4) is 0 Å². The fraction of sp³-hybridized carbons (Fsp3) is 0.600. The number of hydrazine groups is 1. The van der Waals surface area contributed by atoms with Crippen molar-refractivity contribution in [2.75, 3.05) is 0 Å². The second-order valence-corrected chi connectivity index (χ2v) is 9.98. The maximum Gasteiger partial charge on any atom is 0.269 e. The highest BCUT2D eigenvalue weighted by molar-refractivity contribution is 8.01. The van der Waals surface area contributed by atoms with Crippen molar-refractivity contribution in [1.29, 1.82) is 0 Å². The smallest absolute Gasteiger partial charge is 0.269 e. The molecular weight excluding hydrogens is 332 g/mol. The lowest BCUT2D eigenvalue weighted by atomic mass is 9.56. The number of benzene rings is 1. The molecule has 4 nitrogen and oxygen atoms in total. The molecule has 5 rings (SSSR count). The van der Waals surface area contributed by atoms with Gasteiger partial charge in [0.05, 0.1) is 5.25 Å². The summed E-state index contributed by atoms with van der Waals surface area (Å²) in [7, 11) is 0. The van der Waals surface area contributed by atoms with E-state index in [-0.39, 0.29) is 17.1 Å². The summed E-state index contributed by atoms with van der Waals surface area (Å²) in [6.45, 7) is 1.97. The van der Waals surface area contributed by atoms with Crippen molar-refractivity contribution in [3.8, 4) is 0 Å². The Balaban J connectivity index is 1.31. The van der Waals surface area contributed by atoms with Crippen LogP contribution in [0, 0.1) is 17.8 Å². The number of amides is 2. The second kappa shape index (κ2) is 6.67. The van der Waals surface area contributed by atoms with Crippen LogP contribution < -0.4 is 10.9 Å². The summed E-state index contributed by atoms with van der Waals surface area (Å²) in [6, 6.07) is 8.94. The molecule has 4 fully saturated rings. The van der Waals surface area contributed by atoms with Gasteiger partial charge in [0.1, 0.15) is 0 Å². The lowest BCUT2D eigenvalue weighted by molar-refractivity contribution is -0.121. The van der Waals surface area contributed by atoms with Gasteiger partial charge in [-0.15, -0.1) is 11.8 Å². The van der Waals surface area contributed by atoms with E-state index in [9.17, 15) is 9.59 Å². The topological polar surface area (TPSA) is 58.2 Å². The zero-order chi connectivity index (χ0) is 17.4. The molecule has 4 aliphatic carbocycles. The van der Waals surface area contributed by atoms with Crippen molar-refractivity contribution in [3.05, 3.63) is 35.9 Å². The normalized spacial score (nSPS) is 33.7. The highest BCUT2D eigenvalue weighted by Crippen LogP contribution is 2.61. The first-order valence-electron chi connectivity index (χ1n) is 9.36. The number of nitrogens with one attached hydrogen (secondary N) is 2. The summed E-state index contributed by atoms with van der Waals surface area (Å²) >= 11 is 1.85. The van der Waals surface area contributed by atoms with Crippen molar-refractivity contribution in [2.24, 2.45) is 17.8 Å². The lowest BCUT2D eigenvalue weighted by Crippen LogP contribution is -2.51. The fourth-order valence-electron chi connectivity index (χ4n) is 5.49. The Labute approximate surface area is 153 Å². The molecular formula is C20H26N2O2S. The molecule has 4 aliphatic rings. The minimum atomic E-state index is -0.277. The predicted octanol–water partition coefficient (Wildman–Crippen LogP) is 3.54. The Kier molecular flexibility index (Phi) is 4.52. The van der Waals surface area contributed by atoms with Crippen LogP contribution in [0.15, 0.2) is 30.3 Å². The van der Waals surface area contributed by atoms with Gasteiger partial charge in [-0.25, -0.2) is 0 Å². The molecule has 25 heavy (non-hydrogen) atoms. The average molecular weight is 359 g/mol. The SMILES string of the molecule is C[C@H](SC12CC3CC(CC(C3)C1)C2)C(=O)NNC(=O)c1ccccc1. The minimum Gasteiger partial charge on any atom is -0.272 e. The monoisotopic (exact) mass is 358 g/mol. The molecule has 0 spiro atoms. The molecule has 0 radical (unpaired) electrons. The van der Waals surface area contributed by atoms with E-state index in [4.69, 9.17) is 0 Å². The molecule has 2 amide bonds. The summed E-state index contributed by atoms with van der Waals surface area (Å²) in [5, 5.41) is -0.146. The Morgan fingerprint density at radius 2 is 1.56 bits per heavy atom. The van der Waals surface area contributed by atoms with Gasteiger partial charge in [-0.3, -0.25) is 20.4 Å². The molecule has 134 valence electrons. The van der Waals surface area contributed by atoms with Crippen LogP contribution in [0.5, 0.6) is 0 Å². The van der Waals surface area contributed by atoms with Gasteiger partial charge < -0.3 is 0 Å². The Morgan fingerprint density at radius 3 is 2.12 bits per heavy atom. The van der Waals surface area contributed by atoms with Crippen LogP contribution in [-0.4, -0.2) is 21.8 Å². The van der Waals surface area contributed by atoms with Gasteiger partial charge in [0.25, 0.3) is 11.8 Å². The van der Waals surface area contributed by atoms with Crippen LogP contribution in [0.1, 0.15) is 55.8 Å². The average Bonchev–Trinajstić information content (AvgIpc) is 2.58. The first-order valence-corrected chi connectivity index (χ1v) is 10.2. The first kappa shape index (κ1) is 17.0. The van der Waals surface area contributed by atoms with Gasteiger partial charge in [-0.1, -0.05) is 18.2 Å². The van der Waals surface area contributed by atoms with Gasteiger partial charge in [-0.2, -0.15) is 0 Å². The number of hydrogen-bond acceptors (Lipinski definition) is 3. The zero-order valence-electron chi connectivity index (χ0n) is 14.7. The Bertz CT molecular complexity index is 626. The van der Waals surface area contributed by atoms with E-state index in [1.165, 1.54) is 38.5 Å². The third kappa shape index (κ3) is 3.57. The number of rotatable bonds is 4. The predicted molar refractivity (Wildman–Crippen MR) is 100 cm³/mol. The first-order chi connectivity index (χ1) is 12.0. The van der Waals surface area contributed by atoms with Gasteiger partial charge in [0.2, 0.25) is 0 Å². The highest BCUT2D eigenvalue weighted by Gasteiger charge is 2.52. The number of carbonyl (C=O) groups is 2. The zero-order valence-corrected chi connectivity index (χ0v) is 15.5. The van der Waals surface area contributed by atoms with E-state index < -0.39 is 0 Å². The molecule has 1 atom stereocenters. The maximum absolute atomic E-state index is 12.5. The number of thioether (sulfide) groups is 1. The molecule has 4 bridgehead atoms. The summed E-state index contributed by atoms with van der Waals surface area (Å²) in [4.78, 5) is 24.5.